The fourth-order valence-electron chi connectivity index (χ4n) is 2.93. The Labute approximate surface area is 118 Å². The van der Waals surface area contributed by atoms with Crippen LogP contribution in [-0.2, 0) is 41.0 Å². The maximum absolute atomic E-state index is 12.0. The van der Waals surface area contributed by atoms with E-state index in [0.29, 0.717) is 0 Å². The van der Waals surface area contributed by atoms with Crippen molar-refractivity contribution in [3.05, 3.63) is 0 Å². The van der Waals surface area contributed by atoms with Crippen LogP contribution in [0.15, 0.2) is 0 Å². The summed E-state index contributed by atoms with van der Waals surface area (Å²) in [6, 6.07) is 0. The average Bonchev–Trinajstić information content (AvgIpc) is 2.84. The van der Waals surface area contributed by atoms with Crippen molar-refractivity contribution in [1.82, 2.24) is 0 Å². The Bertz CT molecular complexity index is 718. The first-order chi connectivity index (χ1) is 9.87. The SMILES string of the molecule is O=P12O[C@@]3(O)O[C@]45OP(=O)(OC4O)O[C@@]5(O)[C@@](O)(O1)[C@@]3(O)O2. The predicted molar refractivity (Wildman–Crippen MR) is 51.3 cm³/mol. The van der Waals surface area contributed by atoms with Crippen molar-refractivity contribution in [3.63, 3.8) is 0 Å². The largest absolute Gasteiger partial charge is 0.485 e. The lowest BCUT2D eigenvalue weighted by atomic mass is 9.84. The van der Waals surface area contributed by atoms with Crippen molar-refractivity contribution in [2.24, 2.45) is 0 Å². The molecule has 22 heavy (non-hydrogen) atoms. The molecule has 124 valence electrons. The lowest BCUT2D eigenvalue weighted by Gasteiger charge is -2.57. The highest BCUT2D eigenvalue weighted by Crippen LogP contribution is 2.85. The van der Waals surface area contributed by atoms with Gasteiger partial charge in [-0.25, -0.2) is 31.7 Å². The molecule has 0 radical (unpaired) electrons. The minimum Gasteiger partial charge on any atom is -0.363 e. The van der Waals surface area contributed by atoms with Gasteiger partial charge in [0.2, 0.25) is 6.29 Å². The zero-order chi connectivity index (χ0) is 16.0. The van der Waals surface area contributed by atoms with Gasteiger partial charge in [-0.05, 0) is 0 Å². The smallest absolute Gasteiger partial charge is 0.363 e. The highest BCUT2D eigenvalue weighted by Gasteiger charge is 3.02. The number of phosphoric ester groups is 2. The molecule has 0 aromatic carbocycles. The van der Waals surface area contributed by atoms with E-state index in [1.54, 1.807) is 0 Å². The summed E-state index contributed by atoms with van der Waals surface area (Å²) in [5.74, 6) is -17.0. The molecule has 0 saturated carbocycles. The van der Waals surface area contributed by atoms with Crippen LogP contribution < -0.4 is 0 Å². The molecule has 8 atom stereocenters. The Morgan fingerprint density at radius 3 is 1.95 bits per heavy atom. The fraction of sp³-hybridized carbons (Fsp3) is 1.00. The first-order valence-corrected chi connectivity index (χ1v) is 8.49. The molecular weight excluding hydrogens is 358 g/mol. The summed E-state index contributed by atoms with van der Waals surface area (Å²) in [5, 5.41) is 51.1. The van der Waals surface area contributed by atoms with Crippen molar-refractivity contribution in [2.75, 3.05) is 0 Å². The topological polar surface area (TPSA) is 200 Å². The van der Waals surface area contributed by atoms with E-state index in [2.05, 4.69) is 27.1 Å². The lowest BCUT2D eigenvalue weighted by Crippen LogP contribution is -2.88. The summed E-state index contributed by atoms with van der Waals surface area (Å²) in [6.07, 6.45) is -2.37. The highest BCUT2D eigenvalue weighted by molar-refractivity contribution is 7.49. The molecule has 5 rings (SSSR count). The number of hydrogen-bond acceptors (Lipinski definition) is 14. The third kappa shape index (κ3) is 1.05. The fourth-order valence-corrected chi connectivity index (χ4v) is 6.30. The first kappa shape index (κ1) is 14.3. The number of aliphatic hydroxyl groups is 5. The van der Waals surface area contributed by atoms with Gasteiger partial charge < -0.3 is 25.5 Å². The second kappa shape index (κ2) is 3.10. The van der Waals surface area contributed by atoms with Crippen LogP contribution in [0.5, 0.6) is 0 Å². The molecule has 5 fully saturated rings. The van der Waals surface area contributed by atoms with E-state index >= 15 is 0 Å². The predicted octanol–water partition coefficient (Wildman–Crippen LogP) is -2.89. The Balaban J connectivity index is 1.83. The van der Waals surface area contributed by atoms with Gasteiger partial charge in [0.05, 0.1) is 0 Å². The van der Waals surface area contributed by atoms with Crippen LogP contribution in [0.1, 0.15) is 0 Å². The maximum atomic E-state index is 12.0. The third-order valence-corrected chi connectivity index (χ3v) is 6.77. The van der Waals surface area contributed by atoms with Crippen LogP contribution in [0.25, 0.3) is 0 Å². The lowest BCUT2D eigenvalue weighted by molar-refractivity contribution is -0.608. The molecule has 14 nitrogen and oxygen atoms in total. The molecule has 5 aliphatic rings. The standard InChI is InChI=1S/C6H6O14P2/c7-1-2-3(8,17-21(12,14-1)16-2)4(9)5(10)6(11,15-2)20-22(13,18-4)19-5/h1,7-11H/t1?,2-,3+,4+,5+,6-,21?,22?/m0/s1. The molecule has 1 spiro atoms. The van der Waals surface area contributed by atoms with Gasteiger partial charge in [-0.1, -0.05) is 0 Å². The van der Waals surface area contributed by atoms with E-state index in [0.717, 1.165) is 0 Å². The quantitative estimate of drug-likeness (QED) is 0.274. The summed E-state index contributed by atoms with van der Waals surface area (Å²) >= 11 is 0. The average molecular weight is 364 g/mol. The Kier molecular flexibility index (Phi) is 2.02. The molecule has 5 N–H and O–H groups in total. The van der Waals surface area contributed by atoms with Crippen molar-refractivity contribution in [2.45, 2.75) is 35.4 Å². The van der Waals surface area contributed by atoms with Gasteiger partial charge in [0, 0.05) is 0 Å². The Hall–Kier alpha value is -0.0200. The van der Waals surface area contributed by atoms with Crippen LogP contribution in [0.2, 0.25) is 0 Å². The molecule has 5 aliphatic heterocycles. The molecule has 0 amide bonds. The van der Waals surface area contributed by atoms with Crippen molar-refractivity contribution >= 4 is 15.6 Å². The van der Waals surface area contributed by atoms with E-state index in [1.165, 1.54) is 0 Å². The molecule has 4 bridgehead atoms. The molecule has 5 heterocycles. The van der Waals surface area contributed by atoms with Crippen LogP contribution in [0, 0.1) is 0 Å². The van der Waals surface area contributed by atoms with Crippen LogP contribution in [0.3, 0.4) is 0 Å². The van der Waals surface area contributed by atoms with Gasteiger partial charge in [-0.3, -0.25) is 9.26 Å². The van der Waals surface area contributed by atoms with Crippen molar-refractivity contribution < 1.29 is 66.5 Å². The Morgan fingerprint density at radius 1 is 0.773 bits per heavy atom. The van der Waals surface area contributed by atoms with Gasteiger partial charge in [0.15, 0.2) is 0 Å². The summed E-state index contributed by atoms with van der Waals surface area (Å²) < 4.78 is 55.5. The molecule has 0 aliphatic carbocycles. The molecular formula is C6H6O14P2. The van der Waals surface area contributed by atoms with E-state index < -0.39 is 51.1 Å². The normalized spacial score (nSPS) is 74.5. The second-order valence-electron chi connectivity index (χ2n) is 5.09. The molecule has 5 saturated heterocycles. The van der Waals surface area contributed by atoms with Crippen molar-refractivity contribution in [3.8, 4) is 0 Å². The van der Waals surface area contributed by atoms with Crippen LogP contribution in [-0.4, -0.2) is 60.9 Å². The first-order valence-electron chi connectivity index (χ1n) is 5.57. The number of fused-ring (bicyclic) bond motifs is 3. The third-order valence-electron chi connectivity index (χ3n) is 3.88. The van der Waals surface area contributed by atoms with Gasteiger partial charge >= 0.3 is 33.2 Å². The minimum atomic E-state index is -4.79. The molecule has 0 aromatic rings. The van der Waals surface area contributed by atoms with Gasteiger partial charge in [-0.15, -0.1) is 0 Å². The second-order valence-corrected chi connectivity index (χ2v) is 8.00. The summed E-state index contributed by atoms with van der Waals surface area (Å²) in [5.41, 5.74) is 0. The molecule has 0 aromatic heterocycles. The monoisotopic (exact) mass is 364 g/mol. The van der Waals surface area contributed by atoms with Crippen LogP contribution in [0.4, 0.5) is 0 Å². The molecule has 3 unspecified atom stereocenters. The number of rotatable bonds is 0. The summed E-state index contributed by atoms with van der Waals surface area (Å²) in [6.45, 7) is 0. The maximum Gasteiger partial charge on any atom is 0.485 e. The van der Waals surface area contributed by atoms with Gasteiger partial charge in [0.1, 0.15) is 0 Å². The number of ether oxygens (including phenoxy) is 1. The Morgan fingerprint density at radius 2 is 1.36 bits per heavy atom. The number of phosphoric acid groups is 2. The highest BCUT2D eigenvalue weighted by atomic mass is 31.2. The number of hydrogen-bond donors (Lipinski definition) is 5. The van der Waals surface area contributed by atoms with Crippen LogP contribution >= 0.6 is 15.6 Å². The van der Waals surface area contributed by atoms with E-state index in [9.17, 15) is 34.7 Å². The number of aliphatic hydroxyl groups excluding tert-OH is 1. The van der Waals surface area contributed by atoms with Crippen molar-refractivity contribution in [1.29, 1.82) is 0 Å². The summed E-state index contributed by atoms with van der Waals surface area (Å²) in [4.78, 5) is 0. The van der Waals surface area contributed by atoms with E-state index in [4.69, 9.17) is 4.74 Å². The van der Waals surface area contributed by atoms with Gasteiger partial charge in [-0.2, -0.15) is 0 Å². The summed E-state index contributed by atoms with van der Waals surface area (Å²) in [7, 11) is -9.48. The van der Waals surface area contributed by atoms with Gasteiger partial charge in [0.25, 0.3) is 11.6 Å². The minimum absolute atomic E-state index is 2.37. The zero-order valence-corrected chi connectivity index (χ0v) is 11.7. The zero-order valence-electron chi connectivity index (χ0n) is 9.88. The molecule has 16 heteroatoms. The van der Waals surface area contributed by atoms with E-state index in [-0.39, 0.29) is 0 Å². The van der Waals surface area contributed by atoms with E-state index in [1.807, 2.05) is 0 Å².